The molecule has 156 valence electrons. The van der Waals surface area contributed by atoms with Crippen LogP contribution in [0.1, 0.15) is 5.56 Å². The Morgan fingerprint density at radius 2 is 2.03 bits per heavy atom. The topological polar surface area (TPSA) is 34.1 Å². The third-order valence-electron chi connectivity index (χ3n) is 4.74. The SMILES string of the molecule is Fc1c(Br)ccc2c1OCC(F)C21CN2C=C(C(F)(F)F)C=C(OC(F)F)C2=N1. The summed E-state index contributed by atoms with van der Waals surface area (Å²) >= 11 is 2.97. The number of ether oxygens (including phenoxy) is 2. The fourth-order valence-corrected chi connectivity index (χ4v) is 3.78. The maximum atomic E-state index is 15.0. The lowest BCUT2D eigenvalue weighted by atomic mass is 9.84. The van der Waals surface area contributed by atoms with E-state index in [0.29, 0.717) is 12.3 Å². The monoisotopic (exact) mass is 486 g/mol. The summed E-state index contributed by atoms with van der Waals surface area (Å²) in [4.78, 5) is 4.99. The highest BCUT2D eigenvalue weighted by Gasteiger charge is 2.54. The first-order valence-corrected chi connectivity index (χ1v) is 8.90. The van der Waals surface area contributed by atoms with Crippen LogP contribution in [-0.4, -0.2) is 42.8 Å². The maximum absolute atomic E-state index is 15.0. The standard InChI is InChI=1S/C17H10BrF7N2O2/c18-9-2-1-8-13(12(9)20)28-5-11(19)16(8)6-27-4-7(17(23,24)25)3-10(14(27)26-16)29-15(21)22/h1-4,11,15H,5-6H2. The first-order chi connectivity index (χ1) is 13.5. The zero-order chi connectivity index (χ0) is 21.1. The van der Waals surface area contributed by atoms with E-state index < -0.39 is 60.6 Å². The van der Waals surface area contributed by atoms with Gasteiger partial charge < -0.3 is 14.4 Å². The van der Waals surface area contributed by atoms with Gasteiger partial charge in [-0.25, -0.2) is 13.8 Å². The van der Waals surface area contributed by atoms with Crippen LogP contribution in [0.15, 0.2) is 45.2 Å². The second-order valence-corrected chi connectivity index (χ2v) is 7.33. The molecular weight excluding hydrogens is 477 g/mol. The van der Waals surface area contributed by atoms with E-state index in [4.69, 9.17) is 4.74 Å². The molecule has 12 heteroatoms. The smallest absolute Gasteiger partial charge is 0.417 e. The van der Waals surface area contributed by atoms with Crippen LogP contribution in [0.25, 0.3) is 0 Å². The van der Waals surface area contributed by atoms with Crippen molar-refractivity contribution >= 4 is 21.8 Å². The van der Waals surface area contributed by atoms with Crippen LogP contribution >= 0.6 is 15.9 Å². The van der Waals surface area contributed by atoms with Gasteiger partial charge in [-0.3, -0.25) is 0 Å². The number of nitrogens with zero attached hydrogens (tertiary/aromatic N) is 2. The molecule has 2 unspecified atom stereocenters. The summed E-state index contributed by atoms with van der Waals surface area (Å²) in [6.07, 6.45) is -5.74. The molecule has 4 rings (SSSR count). The summed E-state index contributed by atoms with van der Waals surface area (Å²) in [5.41, 5.74) is -3.17. The van der Waals surface area contributed by atoms with E-state index >= 15 is 0 Å². The van der Waals surface area contributed by atoms with Gasteiger partial charge in [-0.05, 0) is 28.1 Å². The van der Waals surface area contributed by atoms with Crippen molar-refractivity contribution in [3.8, 4) is 5.75 Å². The molecule has 29 heavy (non-hydrogen) atoms. The van der Waals surface area contributed by atoms with Crippen LogP contribution in [0.5, 0.6) is 5.75 Å². The normalized spacial score (nSPS) is 25.9. The molecular formula is C17H10BrF7N2O2. The van der Waals surface area contributed by atoms with Crippen LogP contribution in [0.4, 0.5) is 30.7 Å². The van der Waals surface area contributed by atoms with Gasteiger partial charge in [-0.15, -0.1) is 0 Å². The molecule has 0 N–H and O–H groups in total. The summed E-state index contributed by atoms with van der Waals surface area (Å²) in [6, 6.07) is 2.60. The van der Waals surface area contributed by atoms with Crippen LogP contribution in [0.3, 0.4) is 0 Å². The van der Waals surface area contributed by atoms with E-state index in [0.717, 1.165) is 4.90 Å². The van der Waals surface area contributed by atoms with Gasteiger partial charge in [-0.2, -0.15) is 22.0 Å². The lowest BCUT2D eigenvalue weighted by Crippen LogP contribution is -2.46. The Hall–Kier alpha value is -2.24. The average molecular weight is 487 g/mol. The quantitative estimate of drug-likeness (QED) is 0.562. The van der Waals surface area contributed by atoms with Crippen LogP contribution in [-0.2, 0) is 10.3 Å². The molecule has 3 aliphatic rings. The van der Waals surface area contributed by atoms with E-state index in [-0.39, 0.29) is 15.8 Å². The van der Waals surface area contributed by atoms with Crippen molar-refractivity contribution in [1.82, 2.24) is 4.90 Å². The Labute approximate surface area is 167 Å². The number of hydrogen-bond donors (Lipinski definition) is 0. The fourth-order valence-electron chi connectivity index (χ4n) is 3.47. The Kier molecular flexibility index (Phi) is 4.59. The highest BCUT2D eigenvalue weighted by atomic mass is 79.9. The lowest BCUT2D eigenvalue weighted by Gasteiger charge is -2.36. The summed E-state index contributed by atoms with van der Waals surface area (Å²) in [7, 11) is 0. The Bertz CT molecular complexity index is 960. The molecule has 3 heterocycles. The molecule has 0 aliphatic carbocycles. The molecule has 3 aliphatic heterocycles. The minimum Gasteiger partial charge on any atom is -0.487 e. The first-order valence-electron chi connectivity index (χ1n) is 8.10. The van der Waals surface area contributed by atoms with Gasteiger partial charge in [0.15, 0.2) is 29.3 Å². The number of rotatable bonds is 2. The Morgan fingerprint density at radius 1 is 1.31 bits per heavy atom. The van der Waals surface area contributed by atoms with E-state index in [2.05, 4.69) is 25.7 Å². The number of hydrogen-bond acceptors (Lipinski definition) is 4. The summed E-state index contributed by atoms with van der Waals surface area (Å²) in [6.45, 7) is -4.52. The molecule has 0 saturated heterocycles. The zero-order valence-corrected chi connectivity index (χ0v) is 15.7. The van der Waals surface area contributed by atoms with Gasteiger partial charge in [-0.1, -0.05) is 6.07 Å². The predicted octanol–water partition coefficient (Wildman–Crippen LogP) is 4.81. The van der Waals surface area contributed by atoms with Crippen LogP contribution in [0, 0.1) is 5.82 Å². The van der Waals surface area contributed by atoms with Gasteiger partial charge in [0.1, 0.15) is 12.1 Å². The molecule has 0 amide bonds. The van der Waals surface area contributed by atoms with E-state index in [1.165, 1.54) is 12.1 Å². The molecule has 0 saturated carbocycles. The highest BCUT2D eigenvalue weighted by molar-refractivity contribution is 9.10. The molecule has 1 spiro atoms. The second-order valence-electron chi connectivity index (χ2n) is 6.47. The molecule has 0 bridgehead atoms. The Morgan fingerprint density at radius 3 is 2.69 bits per heavy atom. The summed E-state index contributed by atoms with van der Waals surface area (Å²) < 4.78 is 104. The van der Waals surface area contributed by atoms with Crippen molar-refractivity contribution in [2.45, 2.75) is 24.5 Å². The average Bonchev–Trinajstić information content (AvgIpc) is 3.01. The minimum absolute atomic E-state index is 0.0351. The number of alkyl halides is 6. The number of amidine groups is 1. The van der Waals surface area contributed by atoms with E-state index in [9.17, 15) is 30.7 Å². The third kappa shape index (κ3) is 3.17. The third-order valence-corrected chi connectivity index (χ3v) is 5.36. The van der Waals surface area contributed by atoms with Crippen molar-refractivity contribution in [3.05, 3.63) is 51.6 Å². The van der Waals surface area contributed by atoms with Crippen LogP contribution < -0.4 is 4.74 Å². The van der Waals surface area contributed by atoms with Crippen molar-refractivity contribution in [2.24, 2.45) is 4.99 Å². The van der Waals surface area contributed by atoms with Crippen molar-refractivity contribution in [1.29, 1.82) is 0 Å². The number of allylic oxidation sites excluding steroid dienone is 2. The number of aliphatic imine (C=N–C) groups is 1. The highest BCUT2D eigenvalue weighted by Crippen LogP contribution is 2.49. The molecule has 0 aromatic heterocycles. The molecule has 1 aromatic rings. The predicted molar refractivity (Wildman–Crippen MR) is 89.6 cm³/mol. The minimum atomic E-state index is -4.86. The fraction of sp³-hybridized carbons (Fsp3) is 0.353. The van der Waals surface area contributed by atoms with E-state index in [1.807, 2.05) is 0 Å². The first kappa shape index (κ1) is 20.0. The van der Waals surface area contributed by atoms with Crippen molar-refractivity contribution in [2.75, 3.05) is 13.2 Å². The van der Waals surface area contributed by atoms with Gasteiger partial charge in [0.25, 0.3) is 0 Å². The molecule has 4 nitrogen and oxygen atoms in total. The number of benzene rings is 1. The van der Waals surface area contributed by atoms with Crippen molar-refractivity contribution in [3.63, 3.8) is 0 Å². The van der Waals surface area contributed by atoms with Gasteiger partial charge in [0.2, 0.25) is 0 Å². The maximum Gasteiger partial charge on any atom is 0.417 e. The van der Waals surface area contributed by atoms with Crippen molar-refractivity contribution < 1.29 is 40.2 Å². The second kappa shape index (κ2) is 6.64. The largest absolute Gasteiger partial charge is 0.487 e. The molecule has 2 atom stereocenters. The number of halogens is 8. The molecule has 0 fully saturated rings. The van der Waals surface area contributed by atoms with Crippen LogP contribution in [0.2, 0.25) is 0 Å². The lowest BCUT2D eigenvalue weighted by molar-refractivity contribution is -0.0981. The number of fused-ring (bicyclic) bond motifs is 3. The van der Waals surface area contributed by atoms with Gasteiger partial charge in [0.05, 0.1) is 16.6 Å². The van der Waals surface area contributed by atoms with Gasteiger partial charge >= 0.3 is 12.8 Å². The van der Waals surface area contributed by atoms with Gasteiger partial charge in [0, 0.05) is 11.8 Å². The molecule has 1 aromatic carbocycles. The summed E-state index contributed by atoms with van der Waals surface area (Å²) in [5, 5.41) is 0. The van der Waals surface area contributed by atoms with E-state index in [1.54, 1.807) is 0 Å². The molecule has 0 radical (unpaired) electrons. The Balaban J connectivity index is 1.87. The zero-order valence-electron chi connectivity index (χ0n) is 14.1. The summed E-state index contributed by atoms with van der Waals surface area (Å²) in [5.74, 6) is -2.40.